The second-order valence-corrected chi connectivity index (χ2v) is 7.34. The number of thiocarbonyl (C=S) groups is 1. The maximum atomic E-state index is 12.6. The molecule has 2 aromatic rings. The smallest absolute Gasteiger partial charge is 0.267 e. The lowest BCUT2D eigenvalue weighted by atomic mass is 10.1. The van der Waals surface area contributed by atoms with Gasteiger partial charge in [0.2, 0.25) is 0 Å². The van der Waals surface area contributed by atoms with Gasteiger partial charge in [-0.25, -0.2) is 0 Å². The van der Waals surface area contributed by atoms with Crippen molar-refractivity contribution in [3.8, 4) is 0 Å². The highest BCUT2D eigenvalue weighted by Gasteiger charge is 2.34. The molecule has 0 aliphatic carbocycles. The molecule has 0 unspecified atom stereocenters. The molecule has 0 spiro atoms. The van der Waals surface area contributed by atoms with Gasteiger partial charge in [-0.1, -0.05) is 47.6 Å². The van der Waals surface area contributed by atoms with E-state index in [2.05, 4.69) is 5.43 Å². The maximum Gasteiger partial charge on any atom is 0.285 e. The van der Waals surface area contributed by atoms with Crippen LogP contribution in [-0.4, -0.2) is 26.1 Å². The summed E-state index contributed by atoms with van der Waals surface area (Å²) >= 11 is 12.1. The molecule has 1 fully saturated rings. The van der Waals surface area contributed by atoms with Gasteiger partial charge >= 0.3 is 0 Å². The van der Waals surface area contributed by atoms with Crippen LogP contribution in [0.3, 0.4) is 0 Å². The van der Waals surface area contributed by atoms with Crippen molar-refractivity contribution in [2.24, 2.45) is 0 Å². The van der Waals surface area contributed by atoms with Crippen LogP contribution in [0.5, 0.6) is 0 Å². The summed E-state index contributed by atoms with van der Waals surface area (Å²) in [5.41, 5.74) is 2.73. The van der Waals surface area contributed by atoms with E-state index in [4.69, 9.17) is 23.8 Å². The van der Waals surface area contributed by atoms with E-state index in [1.807, 2.05) is 0 Å². The molecule has 2 aromatic carbocycles. The van der Waals surface area contributed by atoms with Crippen LogP contribution in [0.25, 0.3) is 6.08 Å². The van der Waals surface area contributed by atoms with Crippen LogP contribution < -0.4 is 5.43 Å². The molecule has 2 amide bonds. The Hall–Kier alpha value is -2.75. The third kappa shape index (κ3) is 4.00. The Bertz CT molecular complexity index is 1010. The van der Waals surface area contributed by atoms with E-state index >= 15 is 0 Å². The van der Waals surface area contributed by atoms with E-state index in [1.165, 1.54) is 30.3 Å². The fourth-order valence-corrected chi connectivity index (χ4v) is 3.68. The molecule has 1 aliphatic heterocycles. The number of nitrogens with zero attached hydrogens (tertiary/aromatic N) is 2. The van der Waals surface area contributed by atoms with E-state index in [-0.39, 0.29) is 31.1 Å². The van der Waals surface area contributed by atoms with Crippen molar-refractivity contribution in [1.29, 1.82) is 0 Å². The third-order valence-corrected chi connectivity index (χ3v) is 5.18. The second-order valence-electron chi connectivity index (χ2n) is 5.25. The summed E-state index contributed by atoms with van der Waals surface area (Å²) in [6, 6.07) is 12.4. The molecule has 136 valence electrons. The fraction of sp³-hybridized carbons (Fsp3) is 0. The Morgan fingerprint density at radius 1 is 1.22 bits per heavy atom. The number of rotatable bonds is 4. The Kier molecular flexibility index (Phi) is 5.54. The van der Waals surface area contributed by atoms with Crippen molar-refractivity contribution in [2.45, 2.75) is 0 Å². The molecule has 27 heavy (non-hydrogen) atoms. The Balaban J connectivity index is 1.85. The maximum absolute atomic E-state index is 12.6. The van der Waals surface area contributed by atoms with Crippen LogP contribution in [-0.2, 0) is 4.79 Å². The predicted octanol–water partition coefficient (Wildman–Crippen LogP) is 3.79. The number of nitro benzene ring substituents is 1. The minimum atomic E-state index is -0.594. The normalized spacial score (nSPS) is 15.3. The molecule has 7 nitrogen and oxygen atoms in total. The number of carbonyl (C=O) groups is 2. The van der Waals surface area contributed by atoms with Crippen molar-refractivity contribution in [3.05, 3.63) is 79.7 Å². The number of carbonyl (C=O) groups excluding carboxylic acids is 2. The first kappa shape index (κ1) is 19.0. The lowest BCUT2D eigenvalue weighted by molar-refractivity contribution is -0.385. The molecule has 1 saturated heterocycles. The van der Waals surface area contributed by atoms with Gasteiger partial charge in [-0.2, -0.15) is 5.01 Å². The summed E-state index contributed by atoms with van der Waals surface area (Å²) < 4.78 is 0.102. The molecule has 1 N–H and O–H groups in total. The van der Waals surface area contributed by atoms with Crippen LogP contribution in [0.15, 0.2) is 53.4 Å². The summed E-state index contributed by atoms with van der Waals surface area (Å²) in [6.45, 7) is 0. The van der Waals surface area contributed by atoms with Gasteiger partial charge in [-0.15, -0.1) is 0 Å². The molecule has 0 saturated carbocycles. The number of benzene rings is 2. The minimum Gasteiger partial charge on any atom is -0.267 e. The number of para-hydroxylation sites is 1. The average Bonchev–Trinajstić information content (AvgIpc) is 2.89. The summed E-state index contributed by atoms with van der Waals surface area (Å²) in [6.07, 6.45) is 1.37. The van der Waals surface area contributed by atoms with Crippen LogP contribution in [0, 0.1) is 10.1 Å². The highest BCUT2D eigenvalue weighted by Crippen LogP contribution is 2.33. The fourth-order valence-electron chi connectivity index (χ4n) is 2.29. The predicted molar refractivity (Wildman–Crippen MR) is 107 cm³/mol. The first-order chi connectivity index (χ1) is 12.9. The molecule has 0 atom stereocenters. The van der Waals surface area contributed by atoms with Crippen LogP contribution >= 0.6 is 35.6 Å². The van der Waals surface area contributed by atoms with Crippen molar-refractivity contribution in [3.63, 3.8) is 0 Å². The van der Waals surface area contributed by atoms with Gasteiger partial charge in [0.25, 0.3) is 17.5 Å². The number of hydrogen-bond donors (Lipinski definition) is 1. The largest absolute Gasteiger partial charge is 0.285 e. The SMILES string of the molecule is O=C(NN1C(=O)/C(=C/c2ccccc2[N+](=O)[O-])SC1=S)c1ccccc1Cl. The second kappa shape index (κ2) is 7.87. The van der Waals surface area contributed by atoms with Crippen molar-refractivity contribution < 1.29 is 14.5 Å². The monoisotopic (exact) mass is 419 g/mol. The molecular formula is C17H10ClN3O4S2. The number of nitro groups is 1. The van der Waals surface area contributed by atoms with Gasteiger partial charge in [0.1, 0.15) is 0 Å². The van der Waals surface area contributed by atoms with Crippen LogP contribution in [0.4, 0.5) is 5.69 Å². The number of hydrazine groups is 1. The summed E-state index contributed by atoms with van der Waals surface area (Å²) in [5, 5.41) is 12.3. The number of amides is 2. The lowest BCUT2D eigenvalue weighted by Crippen LogP contribution is -2.44. The van der Waals surface area contributed by atoms with Gasteiger partial charge in [-0.05, 0) is 36.5 Å². The van der Waals surface area contributed by atoms with Gasteiger partial charge in [-0.3, -0.25) is 25.1 Å². The zero-order valence-electron chi connectivity index (χ0n) is 13.4. The highest BCUT2D eigenvalue weighted by atomic mass is 35.5. The first-order valence-corrected chi connectivity index (χ1v) is 9.05. The molecule has 3 rings (SSSR count). The van der Waals surface area contributed by atoms with Gasteiger partial charge < -0.3 is 0 Å². The van der Waals surface area contributed by atoms with Crippen molar-refractivity contribution in [2.75, 3.05) is 0 Å². The standard InChI is InChI=1S/C17H10ClN3O4S2/c18-12-7-3-2-6-11(12)15(22)19-20-16(23)14(27-17(20)26)9-10-5-1-4-8-13(10)21(24)25/h1-9H,(H,19,22)/b14-9-. The Morgan fingerprint density at radius 3 is 2.59 bits per heavy atom. The van der Waals surface area contributed by atoms with E-state index in [9.17, 15) is 19.7 Å². The van der Waals surface area contributed by atoms with E-state index in [0.29, 0.717) is 0 Å². The minimum absolute atomic E-state index is 0.102. The van der Waals surface area contributed by atoms with Crippen molar-refractivity contribution in [1.82, 2.24) is 10.4 Å². The lowest BCUT2D eigenvalue weighted by Gasteiger charge is -2.16. The zero-order valence-corrected chi connectivity index (χ0v) is 15.8. The Morgan fingerprint density at radius 2 is 1.89 bits per heavy atom. The quantitative estimate of drug-likeness (QED) is 0.351. The summed E-state index contributed by atoms with van der Waals surface area (Å²) in [7, 11) is 0. The number of halogens is 1. The van der Waals surface area contributed by atoms with E-state index in [1.54, 1.807) is 24.3 Å². The van der Waals surface area contributed by atoms with Gasteiger partial charge in [0.15, 0.2) is 4.32 Å². The number of hydrogen-bond acceptors (Lipinski definition) is 6. The molecule has 0 aromatic heterocycles. The van der Waals surface area contributed by atoms with E-state index in [0.717, 1.165) is 16.8 Å². The van der Waals surface area contributed by atoms with Gasteiger partial charge in [0, 0.05) is 6.07 Å². The summed E-state index contributed by atoms with van der Waals surface area (Å²) in [5.74, 6) is -1.17. The number of nitrogens with one attached hydrogen (secondary N) is 1. The number of thioether (sulfide) groups is 1. The van der Waals surface area contributed by atoms with Crippen LogP contribution in [0.1, 0.15) is 15.9 Å². The molecule has 1 aliphatic rings. The zero-order chi connectivity index (χ0) is 19.6. The van der Waals surface area contributed by atoms with Gasteiger partial charge in [0.05, 0.1) is 26.0 Å². The molecule has 0 bridgehead atoms. The molecule has 10 heteroatoms. The topological polar surface area (TPSA) is 92.6 Å². The highest BCUT2D eigenvalue weighted by molar-refractivity contribution is 8.26. The van der Waals surface area contributed by atoms with E-state index < -0.39 is 16.7 Å². The molecule has 0 radical (unpaired) electrons. The van der Waals surface area contributed by atoms with Crippen LogP contribution in [0.2, 0.25) is 5.02 Å². The summed E-state index contributed by atoms with van der Waals surface area (Å²) in [4.78, 5) is 35.7. The van der Waals surface area contributed by atoms with Crippen molar-refractivity contribution >= 4 is 63.5 Å². The third-order valence-electron chi connectivity index (χ3n) is 3.55. The molecule has 1 heterocycles. The Labute approximate surface area is 168 Å². The molecular weight excluding hydrogens is 410 g/mol. The first-order valence-electron chi connectivity index (χ1n) is 7.45. The average molecular weight is 420 g/mol.